The van der Waals surface area contributed by atoms with Gasteiger partial charge in [-0.15, -0.1) is 12.4 Å². The Bertz CT molecular complexity index is 255. The maximum Gasteiger partial charge on any atom is 0.0703 e. The first-order chi connectivity index (χ1) is 5.74. The van der Waals surface area contributed by atoms with Gasteiger partial charge < -0.3 is 10.8 Å². The molecule has 0 fully saturated rings. The number of nitrogens with two attached hydrogens (primary N) is 1. The number of aliphatic hydroxyl groups excluding tert-OH is 1. The van der Waals surface area contributed by atoms with Crippen LogP contribution in [0.2, 0.25) is 5.02 Å². The highest BCUT2D eigenvalue weighted by Crippen LogP contribution is 2.16. The Kier molecular flexibility index (Phi) is 6.08. The number of hydrogen-bond acceptors (Lipinski definition) is 2. The standard InChI is InChI=1S/C9H12ClNO.ClH/c10-9-4-2-1-3-7(9)5-8(12)6-11;/h1-4,8,12H,5-6,11H2;1H. The summed E-state index contributed by atoms with van der Waals surface area (Å²) in [4.78, 5) is 0. The lowest BCUT2D eigenvalue weighted by molar-refractivity contribution is 0.183. The van der Waals surface area contributed by atoms with Gasteiger partial charge in [0, 0.05) is 18.0 Å². The Morgan fingerprint density at radius 1 is 1.38 bits per heavy atom. The summed E-state index contributed by atoms with van der Waals surface area (Å²) in [6.07, 6.45) is 0.0285. The van der Waals surface area contributed by atoms with Crippen LogP contribution >= 0.6 is 24.0 Å². The van der Waals surface area contributed by atoms with Gasteiger partial charge in [0.2, 0.25) is 0 Å². The van der Waals surface area contributed by atoms with Crippen molar-refractivity contribution in [2.45, 2.75) is 12.5 Å². The van der Waals surface area contributed by atoms with Crippen LogP contribution in [0.25, 0.3) is 0 Å². The summed E-state index contributed by atoms with van der Waals surface area (Å²) >= 11 is 5.87. The maximum atomic E-state index is 9.25. The number of benzene rings is 1. The van der Waals surface area contributed by atoms with Crippen LogP contribution in [-0.2, 0) is 6.42 Å². The molecule has 0 spiro atoms. The highest BCUT2D eigenvalue weighted by atomic mass is 35.5. The van der Waals surface area contributed by atoms with Gasteiger partial charge in [0.1, 0.15) is 0 Å². The molecule has 0 aliphatic rings. The van der Waals surface area contributed by atoms with Crippen LogP contribution in [0.5, 0.6) is 0 Å². The molecule has 0 heterocycles. The van der Waals surface area contributed by atoms with Gasteiger partial charge in [-0.25, -0.2) is 0 Å². The quantitative estimate of drug-likeness (QED) is 0.816. The minimum Gasteiger partial charge on any atom is -0.391 e. The fourth-order valence-corrected chi connectivity index (χ4v) is 1.21. The zero-order valence-electron chi connectivity index (χ0n) is 7.11. The fourth-order valence-electron chi connectivity index (χ4n) is 1.00. The second-order valence-corrected chi connectivity index (χ2v) is 3.09. The first-order valence-electron chi connectivity index (χ1n) is 3.85. The maximum absolute atomic E-state index is 9.25. The van der Waals surface area contributed by atoms with E-state index in [0.717, 1.165) is 5.56 Å². The van der Waals surface area contributed by atoms with Gasteiger partial charge in [-0.1, -0.05) is 29.8 Å². The van der Waals surface area contributed by atoms with E-state index in [0.29, 0.717) is 11.4 Å². The van der Waals surface area contributed by atoms with Crippen molar-refractivity contribution < 1.29 is 5.11 Å². The molecule has 0 bridgehead atoms. The SMILES string of the molecule is Cl.NCC(O)Cc1ccccc1Cl. The molecule has 0 aromatic heterocycles. The van der Waals surface area contributed by atoms with Crippen molar-refractivity contribution in [2.24, 2.45) is 5.73 Å². The summed E-state index contributed by atoms with van der Waals surface area (Å²) in [5.41, 5.74) is 6.22. The van der Waals surface area contributed by atoms with E-state index in [4.69, 9.17) is 17.3 Å². The first-order valence-corrected chi connectivity index (χ1v) is 4.23. The molecule has 0 saturated carbocycles. The third-order valence-electron chi connectivity index (χ3n) is 1.69. The number of hydrogen-bond donors (Lipinski definition) is 2. The molecule has 13 heavy (non-hydrogen) atoms. The lowest BCUT2D eigenvalue weighted by Crippen LogP contribution is -2.22. The van der Waals surface area contributed by atoms with Gasteiger partial charge in [-0.05, 0) is 11.6 Å². The van der Waals surface area contributed by atoms with E-state index in [2.05, 4.69) is 0 Å². The molecular formula is C9H13Cl2NO. The second kappa shape index (κ2) is 6.22. The Morgan fingerprint density at radius 3 is 2.54 bits per heavy atom. The third-order valence-corrected chi connectivity index (χ3v) is 2.05. The van der Waals surface area contributed by atoms with E-state index >= 15 is 0 Å². The molecule has 4 heteroatoms. The van der Waals surface area contributed by atoms with E-state index in [1.807, 2.05) is 18.2 Å². The zero-order chi connectivity index (χ0) is 8.97. The van der Waals surface area contributed by atoms with Crippen LogP contribution in [0.4, 0.5) is 0 Å². The van der Waals surface area contributed by atoms with Crippen LogP contribution in [0, 0.1) is 0 Å². The van der Waals surface area contributed by atoms with Crippen molar-refractivity contribution in [3.63, 3.8) is 0 Å². The summed E-state index contributed by atoms with van der Waals surface area (Å²) in [5, 5.41) is 9.94. The zero-order valence-corrected chi connectivity index (χ0v) is 8.68. The Morgan fingerprint density at radius 2 is 2.00 bits per heavy atom. The highest BCUT2D eigenvalue weighted by Gasteiger charge is 2.05. The molecule has 0 saturated heterocycles. The smallest absolute Gasteiger partial charge is 0.0703 e. The predicted molar refractivity (Wildman–Crippen MR) is 57.5 cm³/mol. The second-order valence-electron chi connectivity index (χ2n) is 2.69. The number of halogens is 2. The van der Waals surface area contributed by atoms with Crippen molar-refractivity contribution in [3.05, 3.63) is 34.9 Å². The summed E-state index contributed by atoms with van der Waals surface area (Å²) in [7, 11) is 0. The highest BCUT2D eigenvalue weighted by molar-refractivity contribution is 6.31. The van der Waals surface area contributed by atoms with Crippen LogP contribution in [0.3, 0.4) is 0 Å². The molecule has 1 aromatic rings. The largest absolute Gasteiger partial charge is 0.391 e. The van der Waals surface area contributed by atoms with Gasteiger partial charge in [-0.3, -0.25) is 0 Å². The Labute approximate surface area is 89.1 Å². The van der Waals surface area contributed by atoms with Gasteiger partial charge in [-0.2, -0.15) is 0 Å². The van der Waals surface area contributed by atoms with Crippen molar-refractivity contribution >= 4 is 24.0 Å². The molecule has 74 valence electrons. The lowest BCUT2D eigenvalue weighted by atomic mass is 10.1. The van der Waals surface area contributed by atoms with Crippen LogP contribution in [-0.4, -0.2) is 17.8 Å². The molecule has 2 nitrogen and oxygen atoms in total. The van der Waals surface area contributed by atoms with Crippen LogP contribution in [0.1, 0.15) is 5.56 Å². The average Bonchev–Trinajstić information content (AvgIpc) is 2.09. The Balaban J connectivity index is 0.00000144. The minimum atomic E-state index is -0.495. The molecule has 1 rings (SSSR count). The molecule has 0 amide bonds. The van der Waals surface area contributed by atoms with Crippen molar-refractivity contribution in [1.29, 1.82) is 0 Å². The fraction of sp³-hybridized carbons (Fsp3) is 0.333. The van der Waals surface area contributed by atoms with Gasteiger partial charge >= 0.3 is 0 Å². The van der Waals surface area contributed by atoms with Gasteiger partial charge in [0.15, 0.2) is 0 Å². The predicted octanol–water partition coefficient (Wildman–Crippen LogP) is 1.62. The van der Waals surface area contributed by atoms with E-state index in [1.165, 1.54) is 0 Å². The molecule has 0 aliphatic carbocycles. The molecule has 1 aromatic carbocycles. The van der Waals surface area contributed by atoms with E-state index in [-0.39, 0.29) is 19.0 Å². The molecule has 3 N–H and O–H groups in total. The normalized spacial score (nSPS) is 11.9. The monoisotopic (exact) mass is 221 g/mol. The molecule has 0 radical (unpaired) electrons. The van der Waals surface area contributed by atoms with Crippen LogP contribution < -0.4 is 5.73 Å². The van der Waals surface area contributed by atoms with Crippen molar-refractivity contribution in [2.75, 3.05) is 6.54 Å². The summed E-state index contributed by atoms with van der Waals surface area (Å²) in [6.45, 7) is 0.269. The third kappa shape index (κ3) is 3.96. The van der Waals surface area contributed by atoms with E-state index in [9.17, 15) is 5.11 Å². The molecular weight excluding hydrogens is 209 g/mol. The van der Waals surface area contributed by atoms with E-state index < -0.39 is 6.10 Å². The van der Waals surface area contributed by atoms with Crippen LogP contribution in [0.15, 0.2) is 24.3 Å². The summed E-state index contributed by atoms with van der Waals surface area (Å²) in [5.74, 6) is 0. The average molecular weight is 222 g/mol. The first kappa shape index (κ1) is 12.7. The topological polar surface area (TPSA) is 46.2 Å². The lowest BCUT2D eigenvalue weighted by Gasteiger charge is -2.08. The molecule has 1 unspecified atom stereocenters. The summed E-state index contributed by atoms with van der Waals surface area (Å²) < 4.78 is 0. The molecule has 1 atom stereocenters. The number of aliphatic hydroxyl groups is 1. The Hall–Kier alpha value is -0.280. The minimum absolute atomic E-state index is 0. The van der Waals surface area contributed by atoms with Gasteiger partial charge in [0.25, 0.3) is 0 Å². The van der Waals surface area contributed by atoms with Gasteiger partial charge in [0.05, 0.1) is 6.10 Å². The van der Waals surface area contributed by atoms with E-state index in [1.54, 1.807) is 6.07 Å². The molecule has 0 aliphatic heterocycles. The summed E-state index contributed by atoms with van der Waals surface area (Å²) in [6, 6.07) is 7.45. The van der Waals surface area contributed by atoms with Crippen molar-refractivity contribution in [3.8, 4) is 0 Å². The van der Waals surface area contributed by atoms with Crippen molar-refractivity contribution in [1.82, 2.24) is 0 Å². The number of rotatable bonds is 3.